The summed E-state index contributed by atoms with van der Waals surface area (Å²) in [4.78, 5) is 23.4. The minimum Gasteiger partial charge on any atom is -0.356 e. The van der Waals surface area contributed by atoms with Crippen LogP contribution in [0.2, 0.25) is 0 Å². The first-order valence-corrected chi connectivity index (χ1v) is 7.65. The van der Waals surface area contributed by atoms with Gasteiger partial charge in [0.05, 0.1) is 5.69 Å². The summed E-state index contributed by atoms with van der Waals surface area (Å²) in [6, 6.07) is 13.0. The first-order chi connectivity index (χ1) is 10.7. The van der Waals surface area contributed by atoms with E-state index in [1.807, 2.05) is 30.3 Å². The number of hydrogen-bond donors (Lipinski definition) is 1. The molecule has 1 fully saturated rings. The molecule has 1 N–H and O–H groups in total. The van der Waals surface area contributed by atoms with Crippen molar-refractivity contribution < 1.29 is 4.79 Å². The van der Waals surface area contributed by atoms with Crippen LogP contribution in [0.15, 0.2) is 47.3 Å². The van der Waals surface area contributed by atoms with Gasteiger partial charge in [-0.15, -0.1) is 0 Å². The Hall–Kier alpha value is -2.43. The van der Waals surface area contributed by atoms with Crippen LogP contribution >= 0.6 is 0 Å². The third-order valence-corrected chi connectivity index (χ3v) is 3.73. The third kappa shape index (κ3) is 3.61. The van der Waals surface area contributed by atoms with Crippen molar-refractivity contribution in [3.05, 3.63) is 52.8 Å². The van der Waals surface area contributed by atoms with Gasteiger partial charge in [0.1, 0.15) is 0 Å². The summed E-state index contributed by atoms with van der Waals surface area (Å²) < 4.78 is 1.46. The van der Waals surface area contributed by atoms with Crippen molar-refractivity contribution in [3.8, 4) is 11.3 Å². The lowest BCUT2D eigenvalue weighted by atomic mass is 10.1. The van der Waals surface area contributed by atoms with Crippen LogP contribution < -0.4 is 10.9 Å². The molecule has 5 heteroatoms. The van der Waals surface area contributed by atoms with Crippen LogP contribution in [-0.2, 0) is 11.3 Å². The van der Waals surface area contributed by atoms with Crippen LogP contribution in [-0.4, -0.2) is 22.2 Å². The molecular weight excluding hydrogens is 278 g/mol. The highest BCUT2D eigenvalue weighted by molar-refractivity contribution is 5.80. The molecule has 0 spiro atoms. The molecule has 114 valence electrons. The number of rotatable bonds is 6. The summed E-state index contributed by atoms with van der Waals surface area (Å²) in [5.74, 6) is 0.362. The van der Waals surface area contributed by atoms with Gasteiger partial charge in [0.15, 0.2) is 0 Å². The number of nitrogens with one attached hydrogen (secondary N) is 1. The van der Waals surface area contributed by atoms with Crippen LogP contribution in [0.5, 0.6) is 0 Å². The number of hydrogen-bond acceptors (Lipinski definition) is 3. The minimum atomic E-state index is -0.117. The molecule has 0 bridgehead atoms. The number of carbonyl (C=O) groups excluding carboxylic acids is 1. The maximum atomic E-state index is 11.9. The van der Waals surface area contributed by atoms with E-state index in [9.17, 15) is 9.59 Å². The van der Waals surface area contributed by atoms with Gasteiger partial charge >= 0.3 is 0 Å². The molecule has 0 atom stereocenters. The summed E-state index contributed by atoms with van der Waals surface area (Å²) in [6.07, 6.45) is 2.71. The number of aromatic nitrogens is 2. The number of carbonyl (C=O) groups is 1. The van der Waals surface area contributed by atoms with E-state index in [1.165, 1.54) is 10.7 Å². The van der Waals surface area contributed by atoms with Crippen LogP contribution in [0.25, 0.3) is 11.3 Å². The Labute approximate surface area is 129 Å². The highest BCUT2D eigenvalue weighted by Crippen LogP contribution is 2.28. The van der Waals surface area contributed by atoms with Crippen LogP contribution in [0.1, 0.15) is 19.3 Å². The topological polar surface area (TPSA) is 64.0 Å². The van der Waals surface area contributed by atoms with E-state index in [-0.39, 0.29) is 17.4 Å². The predicted octanol–water partition coefficient (Wildman–Crippen LogP) is 1.83. The number of amides is 1. The van der Waals surface area contributed by atoms with Gasteiger partial charge < -0.3 is 5.32 Å². The monoisotopic (exact) mass is 297 g/mol. The second kappa shape index (κ2) is 6.56. The molecule has 1 heterocycles. The SMILES string of the molecule is O=C(NCCCn1nc(-c2ccccc2)ccc1=O)C1CC1. The summed E-state index contributed by atoms with van der Waals surface area (Å²) in [6.45, 7) is 1.09. The molecular formula is C17H19N3O2. The molecule has 0 aliphatic heterocycles. The lowest BCUT2D eigenvalue weighted by Crippen LogP contribution is -2.28. The predicted molar refractivity (Wildman–Crippen MR) is 84.3 cm³/mol. The molecule has 5 nitrogen and oxygen atoms in total. The van der Waals surface area contributed by atoms with E-state index in [2.05, 4.69) is 10.4 Å². The van der Waals surface area contributed by atoms with Crippen LogP contribution in [0, 0.1) is 5.92 Å². The number of benzene rings is 1. The van der Waals surface area contributed by atoms with E-state index < -0.39 is 0 Å². The summed E-state index contributed by atoms with van der Waals surface area (Å²) in [5, 5.41) is 7.30. The Bertz CT molecular complexity index is 705. The molecule has 1 amide bonds. The Morgan fingerprint density at radius 1 is 1.18 bits per heavy atom. The highest BCUT2D eigenvalue weighted by atomic mass is 16.2. The van der Waals surface area contributed by atoms with E-state index in [1.54, 1.807) is 6.07 Å². The molecule has 3 rings (SSSR count). The van der Waals surface area contributed by atoms with Crippen molar-refractivity contribution in [2.45, 2.75) is 25.8 Å². The molecule has 0 saturated heterocycles. The fourth-order valence-electron chi connectivity index (χ4n) is 2.30. The Kier molecular flexibility index (Phi) is 4.32. The van der Waals surface area contributed by atoms with Gasteiger partial charge in [-0.25, -0.2) is 4.68 Å². The van der Waals surface area contributed by atoms with Gasteiger partial charge in [0, 0.05) is 30.6 Å². The average molecular weight is 297 g/mol. The zero-order valence-corrected chi connectivity index (χ0v) is 12.4. The Morgan fingerprint density at radius 3 is 2.68 bits per heavy atom. The first kappa shape index (κ1) is 14.5. The molecule has 22 heavy (non-hydrogen) atoms. The molecule has 1 aromatic heterocycles. The normalized spacial score (nSPS) is 13.8. The van der Waals surface area contributed by atoms with Crippen molar-refractivity contribution in [2.24, 2.45) is 5.92 Å². The molecule has 1 aliphatic rings. The number of nitrogens with zero attached hydrogens (tertiary/aromatic N) is 2. The molecule has 1 aliphatic carbocycles. The van der Waals surface area contributed by atoms with Crippen molar-refractivity contribution in [1.29, 1.82) is 0 Å². The first-order valence-electron chi connectivity index (χ1n) is 7.65. The van der Waals surface area contributed by atoms with E-state index >= 15 is 0 Å². The van der Waals surface area contributed by atoms with Gasteiger partial charge in [-0.2, -0.15) is 5.10 Å². The third-order valence-electron chi connectivity index (χ3n) is 3.73. The van der Waals surface area contributed by atoms with Crippen molar-refractivity contribution in [2.75, 3.05) is 6.54 Å². The minimum absolute atomic E-state index is 0.117. The van der Waals surface area contributed by atoms with Gasteiger partial charge in [-0.05, 0) is 25.3 Å². The molecule has 1 aromatic carbocycles. The van der Waals surface area contributed by atoms with Crippen LogP contribution in [0.3, 0.4) is 0 Å². The smallest absolute Gasteiger partial charge is 0.266 e. The Morgan fingerprint density at radius 2 is 1.95 bits per heavy atom. The molecule has 0 unspecified atom stereocenters. The van der Waals surface area contributed by atoms with E-state index in [0.29, 0.717) is 19.5 Å². The average Bonchev–Trinajstić information content (AvgIpc) is 3.38. The van der Waals surface area contributed by atoms with Gasteiger partial charge in [0.25, 0.3) is 5.56 Å². The summed E-state index contributed by atoms with van der Waals surface area (Å²) in [5.41, 5.74) is 1.65. The fourth-order valence-corrected chi connectivity index (χ4v) is 2.30. The summed E-state index contributed by atoms with van der Waals surface area (Å²) >= 11 is 0. The number of aryl methyl sites for hydroxylation is 1. The van der Waals surface area contributed by atoms with Gasteiger partial charge in [-0.1, -0.05) is 30.3 Å². The Balaban J connectivity index is 1.60. The quantitative estimate of drug-likeness (QED) is 0.827. The maximum Gasteiger partial charge on any atom is 0.266 e. The van der Waals surface area contributed by atoms with Crippen molar-refractivity contribution in [3.63, 3.8) is 0 Å². The zero-order chi connectivity index (χ0) is 15.4. The van der Waals surface area contributed by atoms with E-state index in [4.69, 9.17) is 0 Å². The summed E-state index contributed by atoms with van der Waals surface area (Å²) in [7, 11) is 0. The second-order valence-electron chi connectivity index (χ2n) is 5.56. The van der Waals surface area contributed by atoms with E-state index in [0.717, 1.165) is 24.1 Å². The maximum absolute atomic E-state index is 11.9. The lowest BCUT2D eigenvalue weighted by Gasteiger charge is -2.08. The van der Waals surface area contributed by atoms with Crippen molar-refractivity contribution >= 4 is 5.91 Å². The standard InChI is InChI=1S/C17H19N3O2/c21-16-10-9-15(13-5-2-1-3-6-13)19-20(16)12-4-11-18-17(22)14-7-8-14/h1-3,5-6,9-10,14H,4,7-8,11-12H2,(H,18,22). The fraction of sp³-hybridized carbons (Fsp3) is 0.353. The van der Waals surface area contributed by atoms with Gasteiger partial charge in [0.2, 0.25) is 5.91 Å². The van der Waals surface area contributed by atoms with Gasteiger partial charge in [-0.3, -0.25) is 9.59 Å². The highest BCUT2D eigenvalue weighted by Gasteiger charge is 2.28. The largest absolute Gasteiger partial charge is 0.356 e. The lowest BCUT2D eigenvalue weighted by molar-refractivity contribution is -0.122. The molecule has 2 aromatic rings. The molecule has 1 saturated carbocycles. The second-order valence-corrected chi connectivity index (χ2v) is 5.56. The molecule has 0 radical (unpaired) electrons. The van der Waals surface area contributed by atoms with Crippen LogP contribution in [0.4, 0.5) is 0 Å². The zero-order valence-electron chi connectivity index (χ0n) is 12.4. The van der Waals surface area contributed by atoms with Crippen molar-refractivity contribution in [1.82, 2.24) is 15.1 Å².